The van der Waals surface area contributed by atoms with E-state index < -0.39 is 16.1 Å². The van der Waals surface area contributed by atoms with Crippen molar-refractivity contribution in [3.63, 3.8) is 0 Å². The third-order valence-corrected chi connectivity index (χ3v) is 8.82. The number of benzene rings is 2. The molecule has 0 atom stereocenters. The normalized spacial score (nSPS) is 15.3. The van der Waals surface area contributed by atoms with Crippen molar-refractivity contribution in [3.05, 3.63) is 64.5 Å². The molecule has 35 heavy (non-hydrogen) atoms. The molecule has 2 aromatic heterocycles. The lowest BCUT2D eigenvalue weighted by Crippen LogP contribution is -2.39. The highest BCUT2D eigenvalue weighted by Gasteiger charge is 2.30. The summed E-state index contributed by atoms with van der Waals surface area (Å²) in [5.74, 6) is 0.466. The number of aromatic nitrogens is 4. The number of aryl methyl sites for hydroxylation is 1. The van der Waals surface area contributed by atoms with Crippen molar-refractivity contribution in [2.24, 2.45) is 0 Å². The van der Waals surface area contributed by atoms with E-state index in [1.165, 1.54) is 11.3 Å². The molecule has 3 heterocycles. The molecule has 182 valence electrons. The van der Waals surface area contributed by atoms with Gasteiger partial charge in [0.05, 0.1) is 21.7 Å². The van der Waals surface area contributed by atoms with Crippen LogP contribution >= 0.6 is 11.3 Å². The van der Waals surface area contributed by atoms with Crippen molar-refractivity contribution in [1.29, 1.82) is 0 Å². The molecule has 1 aliphatic rings. The maximum absolute atomic E-state index is 12.8. The van der Waals surface area contributed by atoms with E-state index in [2.05, 4.69) is 25.7 Å². The summed E-state index contributed by atoms with van der Waals surface area (Å²) in [6.45, 7) is 0.922. The third kappa shape index (κ3) is 5.66. The Morgan fingerprint density at radius 3 is 2.77 bits per heavy atom. The van der Waals surface area contributed by atoms with E-state index in [1.807, 2.05) is 30.3 Å². The van der Waals surface area contributed by atoms with Gasteiger partial charge in [-0.15, -0.1) is 16.4 Å². The number of sulfonamides is 1. The largest absolute Gasteiger partial charge is 0.418 e. The lowest BCUT2D eigenvalue weighted by Gasteiger charge is -2.30. The van der Waals surface area contributed by atoms with Crippen LogP contribution in [-0.4, -0.2) is 58.1 Å². The smallest absolute Gasteiger partial charge is 0.390 e. The molecule has 12 heteroatoms. The van der Waals surface area contributed by atoms with Crippen molar-refractivity contribution < 1.29 is 17.9 Å². The van der Waals surface area contributed by atoms with Crippen molar-refractivity contribution >= 4 is 44.2 Å². The van der Waals surface area contributed by atoms with E-state index in [-0.39, 0.29) is 17.6 Å². The van der Waals surface area contributed by atoms with Gasteiger partial charge in [-0.2, -0.15) is 0 Å². The van der Waals surface area contributed by atoms with E-state index in [0.29, 0.717) is 43.6 Å². The first-order valence-corrected chi connectivity index (χ1v) is 13.7. The lowest BCUT2D eigenvalue weighted by atomic mass is 9.99. The van der Waals surface area contributed by atoms with Crippen LogP contribution in [0.3, 0.4) is 0 Å². The second kappa shape index (κ2) is 10.1. The van der Waals surface area contributed by atoms with Crippen LogP contribution in [0.5, 0.6) is 5.88 Å². The predicted octanol–water partition coefficient (Wildman–Crippen LogP) is 3.78. The average Bonchev–Trinajstić information content (AvgIpc) is 3.53. The van der Waals surface area contributed by atoms with Crippen LogP contribution in [0.4, 0.5) is 10.5 Å². The van der Waals surface area contributed by atoms with E-state index in [1.54, 1.807) is 27.9 Å². The third-order valence-electron chi connectivity index (χ3n) is 5.96. The number of rotatable bonds is 7. The molecule has 2 N–H and O–H groups in total. The Bertz CT molecular complexity index is 1410. The fraction of sp³-hybridized carbons (Fsp3) is 0.304. The Labute approximate surface area is 206 Å². The van der Waals surface area contributed by atoms with Crippen LogP contribution in [0.2, 0.25) is 0 Å². The van der Waals surface area contributed by atoms with E-state index >= 15 is 0 Å². The Kier molecular flexibility index (Phi) is 6.75. The number of carbonyl (C=O) groups is 1. The van der Waals surface area contributed by atoms with Crippen LogP contribution in [0.15, 0.2) is 53.9 Å². The van der Waals surface area contributed by atoms with Crippen LogP contribution in [0, 0.1) is 0 Å². The lowest BCUT2D eigenvalue weighted by molar-refractivity contribution is 0.213. The molecule has 5 rings (SSSR count). The number of H-pyrrole nitrogens is 1. The Balaban J connectivity index is 1.12. The van der Waals surface area contributed by atoms with Gasteiger partial charge in [-0.25, -0.2) is 22.5 Å². The number of fused-ring (bicyclic) bond motifs is 1. The van der Waals surface area contributed by atoms with Gasteiger partial charge in [-0.1, -0.05) is 35.5 Å². The summed E-state index contributed by atoms with van der Waals surface area (Å²) in [7, 11) is -3.31. The Hall–Kier alpha value is -3.35. The number of nitrogens with one attached hydrogen (secondary N) is 2. The summed E-state index contributed by atoms with van der Waals surface area (Å²) in [6, 6.07) is 14.8. The zero-order valence-electron chi connectivity index (χ0n) is 18.8. The number of piperidine rings is 1. The zero-order valence-corrected chi connectivity index (χ0v) is 20.4. The quantitative estimate of drug-likeness (QED) is 0.385. The molecule has 0 bridgehead atoms. The first kappa shape index (κ1) is 23.4. The summed E-state index contributed by atoms with van der Waals surface area (Å²) in [5.41, 5.74) is 2.95. The summed E-state index contributed by atoms with van der Waals surface area (Å²) in [5, 5.41) is 15.6. The van der Waals surface area contributed by atoms with Gasteiger partial charge in [0.1, 0.15) is 5.52 Å². The topological polar surface area (TPSA) is 130 Å². The van der Waals surface area contributed by atoms with Crippen molar-refractivity contribution in [1.82, 2.24) is 24.7 Å². The molecule has 0 spiro atoms. The number of thiazole rings is 1. The highest BCUT2D eigenvalue weighted by atomic mass is 32.2. The number of hydrogen-bond donors (Lipinski definition) is 2. The van der Waals surface area contributed by atoms with Gasteiger partial charge in [0.2, 0.25) is 15.9 Å². The number of carbonyl (C=O) groups excluding carboxylic acids is 1. The van der Waals surface area contributed by atoms with E-state index in [9.17, 15) is 13.2 Å². The molecule has 4 aromatic rings. The minimum Gasteiger partial charge on any atom is -0.390 e. The average molecular weight is 513 g/mol. The second-order valence-electron chi connectivity index (χ2n) is 8.31. The van der Waals surface area contributed by atoms with Crippen LogP contribution < -0.4 is 10.1 Å². The van der Waals surface area contributed by atoms with Crippen LogP contribution in [0.1, 0.15) is 29.3 Å². The molecule has 1 aliphatic heterocycles. The second-order valence-corrected chi connectivity index (χ2v) is 11.3. The summed E-state index contributed by atoms with van der Waals surface area (Å²) >= 11 is 1.42. The Morgan fingerprint density at radius 1 is 1.17 bits per heavy atom. The van der Waals surface area contributed by atoms with E-state index in [4.69, 9.17) is 4.74 Å². The maximum atomic E-state index is 12.8. The molecule has 0 saturated carbocycles. The molecule has 1 amide bonds. The summed E-state index contributed by atoms with van der Waals surface area (Å²) in [6.07, 6.45) is 1.22. The summed E-state index contributed by atoms with van der Waals surface area (Å²) < 4.78 is 32.5. The molecule has 0 unspecified atom stereocenters. The molecule has 1 fully saturated rings. The SMILES string of the molecule is O=C(Nc1ccc2[nH]nnc2c1)Oc1csc(C2CCN(S(=O)(=O)CCc3ccccc3)CC2)n1. The highest BCUT2D eigenvalue weighted by molar-refractivity contribution is 7.89. The maximum Gasteiger partial charge on any atom is 0.418 e. The fourth-order valence-corrected chi connectivity index (χ4v) is 6.48. The van der Waals surface area contributed by atoms with E-state index in [0.717, 1.165) is 16.1 Å². The first-order chi connectivity index (χ1) is 17.0. The van der Waals surface area contributed by atoms with Crippen molar-refractivity contribution in [2.75, 3.05) is 24.2 Å². The number of ether oxygens (including phenoxy) is 1. The van der Waals surface area contributed by atoms with Gasteiger partial charge in [0.25, 0.3) is 0 Å². The molecule has 0 radical (unpaired) electrons. The molecule has 0 aliphatic carbocycles. The molecule has 2 aromatic carbocycles. The van der Waals surface area contributed by atoms with Crippen molar-refractivity contribution in [3.8, 4) is 5.88 Å². The van der Waals surface area contributed by atoms with Crippen LogP contribution in [-0.2, 0) is 16.4 Å². The number of amides is 1. The first-order valence-electron chi connectivity index (χ1n) is 11.2. The van der Waals surface area contributed by atoms with Gasteiger partial charge in [-0.3, -0.25) is 10.4 Å². The van der Waals surface area contributed by atoms with Crippen molar-refractivity contribution in [2.45, 2.75) is 25.2 Å². The zero-order chi connectivity index (χ0) is 24.3. The molecule has 10 nitrogen and oxygen atoms in total. The number of aromatic amines is 1. The summed E-state index contributed by atoms with van der Waals surface area (Å²) in [4.78, 5) is 16.7. The Morgan fingerprint density at radius 2 is 1.97 bits per heavy atom. The minimum absolute atomic E-state index is 0.107. The fourth-order valence-electron chi connectivity index (χ4n) is 4.07. The monoisotopic (exact) mass is 512 g/mol. The van der Waals surface area contributed by atoms with Gasteiger partial charge >= 0.3 is 6.09 Å². The van der Waals surface area contributed by atoms with Gasteiger partial charge in [0.15, 0.2) is 0 Å². The van der Waals surface area contributed by atoms with Gasteiger partial charge in [0, 0.05) is 24.7 Å². The predicted molar refractivity (Wildman–Crippen MR) is 133 cm³/mol. The standard InChI is InChI=1S/C23H24N6O4S2/c30-23(24-18-6-7-19-20(14-18)27-28-26-19)33-21-15-34-22(25-21)17-8-11-29(12-9-17)35(31,32)13-10-16-4-2-1-3-5-16/h1-7,14-15,17H,8-13H2,(H,24,30)(H,26,27,28). The van der Waals surface area contributed by atoms with Crippen LogP contribution in [0.25, 0.3) is 11.0 Å². The molecular formula is C23H24N6O4S2. The van der Waals surface area contributed by atoms with Gasteiger partial charge in [-0.05, 0) is 43.0 Å². The highest BCUT2D eigenvalue weighted by Crippen LogP contribution is 2.33. The number of anilines is 1. The van der Waals surface area contributed by atoms with Gasteiger partial charge < -0.3 is 4.74 Å². The number of hydrogen-bond acceptors (Lipinski definition) is 8. The molecular weight excluding hydrogens is 488 g/mol. The minimum atomic E-state index is -3.31. The number of nitrogens with zero attached hydrogens (tertiary/aromatic N) is 4. The molecule has 1 saturated heterocycles.